The molecule has 6 nitrogen and oxygen atoms in total. The Kier molecular flexibility index (Phi) is 5.57. The summed E-state index contributed by atoms with van der Waals surface area (Å²) in [5.41, 5.74) is 3.69. The molecular weight excluding hydrogens is 380 g/mol. The molecule has 0 radical (unpaired) electrons. The van der Waals surface area contributed by atoms with Gasteiger partial charge in [-0.25, -0.2) is 4.79 Å². The van der Waals surface area contributed by atoms with E-state index in [1.165, 1.54) is 7.11 Å². The van der Waals surface area contributed by atoms with Crippen molar-refractivity contribution in [3.05, 3.63) is 70.8 Å². The molecule has 1 aliphatic heterocycles. The number of carbonyl (C=O) groups excluding carboxylic acids is 3. The van der Waals surface area contributed by atoms with Crippen LogP contribution in [-0.2, 0) is 20.7 Å². The van der Waals surface area contributed by atoms with Crippen molar-refractivity contribution in [2.45, 2.75) is 38.3 Å². The molecule has 1 N–H and O–H groups in total. The van der Waals surface area contributed by atoms with Crippen LogP contribution in [0.2, 0.25) is 0 Å². The van der Waals surface area contributed by atoms with Crippen molar-refractivity contribution < 1.29 is 19.1 Å². The van der Waals surface area contributed by atoms with Gasteiger partial charge < -0.3 is 15.0 Å². The van der Waals surface area contributed by atoms with E-state index < -0.39 is 0 Å². The number of hydrogen-bond acceptors (Lipinski definition) is 4. The van der Waals surface area contributed by atoms with Crippen LogP contribution in [0.4, 0.5) is 0 Å². The molecule has 0 saturated carbocycles. The number of hydrogen-bond donors (Lipinski definition) is 1. The second-order valence-corrected chi connectivity index (χ2v) is 8.04. The van der Waals surface area contributed by atoms with Gasteiger partial charge in [0.1, 0.15) is 0 Å². The number of nitrogens with one attached hydrogen (secondary N) is 1. The van der Waals surface area contributed by atoms with E-state index in [4.69, 9.17) is 4.74 Å². The molecule has 2 aromatic carbocycles. The topological polar surface area (TPSA) is 75.7 Å². The van der Waals surface area contributed by atoms with Gasteiger partial charge in [0.2, 0.25) is 11.8 Å². The summed E-state index contributed by atoms with van der Waals surface area (Å²) in [5, 5.41) is 3.13. The summed E-state index contributed by atoms with van der Waals surface area (Å²) in [5.74, 6) is -0.772. The molecule has 1 heterocycles. The zero-order valence-electron chi connectivity index (χ0n) is 17.3. The van der Waals surface area contributed by atoms with Crippen LogP contribution in [0, 0.1) is 5.92 Å². The largest absolute Gasteiger partial charge is 0.465 e. The monoisotopic (exact) mass is 406 g/mol. The fourth-order valence-corrected chi connectivity index (χ4v) is 4.49. The minimum atomic E-state index is -0.359. The number of carbonyl (C=O) groups is 3. The quantitative estimate of drug-likeness (QED) is 0.774. The smallest absolute Gasteiger partial charge is 0.337 e. The molecule has 3 atom stereocenters. The summed E-state index contributed by atoms with van der Waals surface area (Å²) >= 11 is 0. The predicted molar refractivity (Wildman–Crippen MR) is 112 cm³/mol. The lowest BCUT2D eigenvalue weighted by atomic mass is 10.0. The van der Waals surface area contributed by atoms with Gasteiger partial charge in [-0.3, -0.25) is 9.59 Å². The summed E-state index contributed by atoms with van der Waals surface area (Å²) in [4.78, 5) is 39.0. The molecule has 3 unspecified atom stereocenters. The predicted octanol–water partition coefficient (Wildman–Crippen LogP) is 3.19. The maximum absolute atomic E-state index is 12.9. The molecule has 1 aliphatic carbocycles. The van der Waals surface area contributed by atoms with Crippen molar-refractivity contribution in [1.82, 2.24) is 10.2 Å². The Morgan fingerprint density at radius 2 is 1.93 bits per heavy atom. The van der Waals surface area contributed by atoms with Crippen LogP contribution >= 0.6 is 0 Å². The maximum atomic E-state index is 12.9. The van der Waals surface area contributed by atoms with Crippen molar-refractivity contribution >= 4 is 17.8 Å². The molecule has 2 aromatic rings. The SMILES string of the molecule is COC(=O)c1ccc2c(c1)CCC2NC(=O)C1CC(=O)N(C(C)c2ccccc2)C1. The minimum Gasteiger partial charge on any atom is -0.465 e. The summed E-state index contributed by atoms with van der Waals surface area (Å²) in [6.45, 7) is 2.43. The van der Waals surface area contributed by atoms with Gasteiger partial charge in [0.25, 0.3) is 0 Å². The van der Waals surface area contributed by atoms with E-state index in [1.807, 2.05) is 49.4 Å². The zero-order valence-corrected chi connectivity index (χ0v) is 17.3. The Bertz CT molecular complexity index is 972. The maximum Gasteiger partial charge on any atom is 0.337 e. The number of nitrogens with zero attached hydrogens (tertiary/aromatic N) is 1. The number of rotatable bonds is 5. The first-order valence-electron chi connectivity index (χ1n) is 10.3. The number of likely N-dealkylation sites (tertiary alicyclic amines) is 1. The van der Waals surface area contributed by atoms with E-state index in [1.54, 1.807) is 11.0 Å². The van der Waals surface area contributed by atoms with Gasteiger partial charge in [-0.2, -0.15) is 0 Å². The number of aryl methyl sites for hydroxylation is 1. The second-order valence-electron chi connectivity index (χ2n) is 8.04. The lowest BCUT2D eigenvalue weighted by Gasteiger charge is -2.25. The van der Waals surface area contributed by atoms with Crippen LogP contribution in [-0.4, -0.2) is 36.3 Å². The molecule has 1 saturated heterocycles. The fourth-order valence-electron chi connectivity index (χ4n) is 4.49. The first-order valence-corrected chi connectivity index (χ1v) is 10.3. The highest BCUT2D eigenvalue weighted by atomic mass is 16.5. The molecule has 1 fully saturated rings. The van der Waals surface area contributed by atoms with E-state index in [9.17, 15) is 14.4 Å². The lowest BCUT2D eigenvalue weighted by molar-refractivity contribution is -0.130. The average Bonchev–Trinajstić information content (AvgIpc) is 3.36. The molecule has 2 amide bonds. The molecule has 156 valence electrons. The Hall–Kier alpha value is -3.15. The number of fused-ring (bicyclic) bond motifs is 1. The highest BCUT2D eigenvalue weighted by molar-refractivity contribution is 5.90. The van der Waals surface area contributed by atoms with Crippen LogP contribution in [0.1, 0.15) is 58.9 Å². The fraction of sp³-hybridized carbons (Fsp3) is 0.375. The van der Waals surface area contributed by atoms with Crippen LogP contribution in [0.15, 0.2) is 48.5 Å². The van der Waals surface area contributed by atoms with Gasteiger partial charge >= 0.3 is 5.97 Å². The lowest BCUT2D eigenvalue weighted by Crippen LogP contribution is -2.35. The summed E-state index contributed by atoms with van der Waals surface area (Å²) in [6.07, 6.45) is 1.83. The molecule has 2 aliphatic rings. The van der Waals surface area contributed by atoms with E-state index in [0.29, 0.717) is 12.1 Å². The number of ether oxygens (including phenoxy) is 1. The third-order valence-electron chi connectivity index (χ3n) is 6.24. The average molecular weight is 406 g/mol. The van der Waals surface area contributed by atoms with E-state index >= 15 is 0 Å². The van der Waals surface area contributed by atoms with Crippen molar-refractivity contribution in [3.63, 3.8) is 0 Å². The molecule has 4 rings (SSSR count). The standard InChI is InChI=1S/C24H26N2O4/c1-15(16-6-4-3-5-7-16)26-14-19(13-22(26)27)23(28)25-21-11-9-17-12-18(24(29)30-2)8-10-20(17)21/h3-8,10,12,15,19,21H,9,11,13-14H2,1-2H3,(H,25,28). The summed E-state index contributed by atoms with van der Waals surface area (Å²) in [6, 6.07) is 15.2. The third-order valence-corrected chi connectivity index (χ3v) is 6.24. The minimum absolute atomic E-state index is 0.0149. The van der Waals surface area contributed by atoms with E-state index in [2.05, 4.69) is 5.32 Å². The second kappa shape index (κ2) is 8.30. The van der Waals surface area contributed by atoms with Crippen molar-refractivity contribution in [2.75, 3.05) is 13.7 Å². The molecule has 30 heavy (non-hydrogen) atoms. The number of benzene rings is 2. The Labute approximate surface area is 176 Å². The Morgan fingerprint density at radius 1 is 1.17 bits per heavy atom. The van der Waals surface area contributed by atoms with Gasteiger partial charge in [-0.05, 0) is 48.6 Å². The van der Waals surface area contributed by atoms with Gasteiger partial charge in [0, 0.05) is 13.0 Å². The van der Waals surface area contributed by atoms with Crippen LogP contribution in [0.5, 0.6) is 0 Å². The van der Waals surface area contributed by atoms with E-state index in [0.717, 1.165) is 29.5 Å². The van der Waals surface area contributed by atoms with Gasteiger partial charge in [-0.15, -0.1) is 0 Å². The van der Waals surface area contributed by atoms with Crippen molar-refractivity contribution in [2.24, 2.45) is 5.92 Å². The number of amides is 2. The third kappa shape index (κ3) is 3.82. The number of esters is 1. The normalized spacial score (nSPS) is 21.3. The molecular formula is C24H26N2O4. The van der Waals surface area contributed by atoms with Gasteiger partial charge in [-0.1, -0.05) is 36.4 Å². The number of methoxy groups -OCH3 is 1. The molecule has 6 heteroatoms. The molecule has 0 bridgehead atoms. The summed E-state index contributed by atoms with van der Waals surface area (Å²) < 4.78 is 4.78. The van der Waals surface area contributed by atoms with Gasteiger partial charge in [0.05, 0.1) is 30.7 Å². The van der Waals surface area contributed by atoms with Crippen LogP contribution in [0.3, 0.4) is 0 Å². The highest BCUT2D eigenvalue weighted by Gasteiger charge is 2.38. The Morgan fingerprint density at radius 3 is 2.67 bits per heavy atom. The molecule has 0 aromatic heterocycles. The van der Waals surface area contributed by atoms with Crippen molar-refractivity contribution in [3.8, 4) is 0 Å². The Balaban J connectivity index is 1.41. The zero-order chi connectivity index (χ0) is 21.3. The van der Waals surface area contributed by atoms with Crippen LogP contribution in [0.25, 0.3) is 0 Å². The molecule has 0 spiro atoms. The van der Waals surface area contributed by atoms with Crippen molar-refractivity contribution in [1.29, 1.82) is 0 Å². The van der Waals surface area contributed by atoms with Crippen LogP contribution < -0.4 is 5.32 Å². The first-order chi connectivity index (χ1) is 14.5. The van der Waals surface area contributed by atoms with Gasteiger partial charge in [0.15, 0.2) is 0 Å². The summed E-state index contributed by atoms with van der Waals surface area (Å²) in [7, 11) is 1.36. The van der Waals surface area contributed by atoms with E-state index in [-0.39, 0.29) is 42.2 Å². The first kappa shape index (κ1) is 20.1. The highest BCUT2D eigenvalue weighted by Crippen LogP contribution is 2.33.